The summed E-state index contributed by atoms with van der Waals surface area (Å²) >= 11 is 0. The van der Waals surface area contributed by atoms with Crippen molar-refractivity contribution in [3.63, 3.8) is 0 Å². The Balaban J connectivity index is 1.85. The zero-order valence-electron chi connectivity index (χ0n) is 13.1. The van der Waals surface area contributed by atoms with Gasteiger partial charge in [0.1, 0.15) is 25.1 Å². The van der Waals surface area contributed by atoms with E-state index in [1.54, 1.807) is 42.5 Å². The van der Waals surface area contributed by atoms with Gasteiger partial charge in [-0.25, -0.2) is 0 Å². The third kappa shape index (κ3) is 4.64. The number of aliphatic hydroxyl groups is 1. The summed E-state index contributed by atoms with van der Waals surface area (Å²) in [6.45, 7) is 0.0586. The van der Waals surface area contributed by atoms with Crippen LogP contribution in [0.2, 0.25) is 0 Å². The van der Waals surface area contributed by atoms with E-state index in [2.05, 4.69) is 0 Å². The fourth-order valence-corrected chi connectivity index (χ4v) is 1.91. The van der Waals surface area contributed by atoms with Gasteiger partial charge in [0, 0.05) is 6.07 Å². The predicted molar refractivity (Wildman–Crippen MR) is 85.9 cm³/mol. The Bertz CT molecular complexity index is 760. The van der Waals surface area contributed by atoms with Gasteiger partial charge >= 0.3 is 0 Å². The Morgan fingerprint density at radius 2 is 1.54 bits per heavy atom. The zero-order valence-corrected chi connectivity index (χ0v) is 13.1. The second-order valence-corrected chi connectivity index (χ2v) is 4.89. The van der Waals surface area contributed by atoms with E-state index in [4.69, 9.17) is 24.7 Å². The molecule has 0 aromatic heterocycles. The van der Waals surface area contributed by atoms with Gasteiger partial charge < -0.3 is 19.3 Å². The summed E-state index contributed by atoms with van der Waals surface area (Å²) in [4.78, 5) is 0. The van der Waals surface area contributed by atoms with Crippen molar-refractivity contribution in [1.82, 2.24) is 0 Å². The van der Waals surface area contributed by atoms with Crippen molar-refractivity contribution < 1.29 is 19.3 Å². The summed E-state index contributed by atoms with van der Waals surface area (Å²) in [5.41, 5.74) is 1.00. The SMILES string of the molecule is COc1cc(C#N)ccc1OC[C@H](O)COc1ccc(C#N)cc1. The molecule has 0 saturated heterocycles. The average Bonchev–Trinajstić information content (AvgIpc) is 2.64. The molecule has 0 aliphatic carbocycles. The molecule has 2 rings (SSSR count). The van der Waals surface area contributed by atoms with Crippen molar-refractivity contribution in [2.24, 2.45) is 0 Å². The molecule has 0 radical (unpaired) electrons. The van der Waals surface area contributed by atoms with Crippen LogP contribution in [-0.4, -0.2) is 31.5 Å². The lowest BCUT2D eigenvalue weighted by Crippen LogP contribution is -2.25. The van der Waals surface area contributed by atoms with E-state index >= 15 is 0 Å². The van der Waals surface area contributed by atoms with Gasteiger partial charge in [-0.05, 0) is 36.4 Å². The highest BCUT2D eigenvalue weighted by Gasteiger charge is 2.10. The lowest BCUT2D eigenvalue weighted by atomic mass is 10.2. The molecule has 2 aromatic carbocycles. The fourth-order valence-electron chi connectivity index (χ4n) is 1.91. The van der Waals surface area contributed by atoms with Crippen molar-refractivity contribution >= 4 is 0 Å². The molecular weight excluding hydrogens is 308 g/mol. The summed E-state index contributed by atoms with van der Waals surface area (Å²) in [6.07, 6.45) is -0.846. The van der Waals surface area contributed by atoms with E-state index < -0.39 is 6.10 Å². The first kappa shape index (κ1) is 17.1. The lowest BCUT2D eigenvalue weighted by Gasteiger charge is -2.15. The molecule has 0 heterocycles. The van der Waals surface area contributed by atoms with E-state index in [1.807, 2.05) is 12.1 Å². The summed E-state index contributed by atoms with van der Waals surface area (Å²) in [6, 6.07) is 15.4. The maximum atomic E-state index is 9.94. The third-order valence-electron chi connectivity index (χ3n) is 3.15. The zero-order chi connectivity index (χ0) is 17.4. The van der Waals surface area contributed by atoms with Gasteiger partial charge in [-0.3, -0.25) is 0 Å². The van der Waals surface area contributed by atoms with E-state index in [0.29, 0.717) is 28.4 Å². The standard InChI is InChI=1S/C18H16N2O4/c1-22-18-8-14(10-20)4-7-17(18)24-12-15(21)11-23-16-5-2-13(9-19)3-6-16/h2-8,15,21H,11-12H2,1H3/t15-/m1/s1. The summed E-state index contributed by atoms with van der Waals surface area (Å²) < 4.78 is 16.1. The molecular formula is C18H16N2O4. The second-order valence-electron chi connectivity index (χ2n) is 4.89. The molecule has 1 N–H and O–H groups in total. The number of methoxy groups -OCH3 is 1. The maximum Gasteiger partial charge on any atom is 0.162 e. The molecule has 1 atom stereocenters. The van der Waals surface area contributed by atoms with E-state index in [9.17, 15) is 5.11 Å². The maximum absolute atomic E-state index is 9.94. The molecule has 6 nitrogen and oxygen atoms in total. The lowest BCUT2D eigenvalue weighted by molar-refractivity contribution is 0.0616. The normalized spacial score (nSPS) is 11.0. The molecule has 0 saturated carbocycles. The monoisotopic (exact) mass is 324 g/mol. The Kier molecular flexibility index (Phi) is 6.01. The fraction of sp³-hybridized carbons (Fsp3) is 0.222. The van der Waals surface area contributed by atoms with Crippen molar-refractivity contribution in [2.75, 3.05) is 20.3 Å². The van der Waals surface area contributed by atoms with Crippen LogP contribution in [0.5, 0.6) is 17.2 Å². The third-order valence-corrected chi connectivity index (χ3v) is 3.15. The molecule has 6 heteroatoms. The van der Waals surface area contributed by atoms with E-state index in [1.165, 1.54) is 7.11 Å². The van der Waals surface area contributed by atoms with E-state index in [-0.39, 0.29) is 13.2 Å². The summed E-state index contributed by atoms with van der Waals surface area (Å²) in [7, 11) is 1.48. The molecule has 2 aromatic rings. The van der Waals surface area contributed by atoms with Gasteiger partial charge in [-0.1, -0.05) is 0 Å². The number of nitriles is 2. The number of hydrogen-bond donors (Lipinski definition) is 1. The average molecular weight is 324 g/mol. The van der Waals surface area contributed by atoms with Crippen LogP contribution in [0, 0.1) is 22.7 Å². The molecule has 0 spiro atoms. The molecule has 24 heavy (non-hydrogen) atoms. The minimum absolute atomic E-state index is 0.0124. The Morgan fingerprint density at radius 3 is 2.17 bits per heavy atom. The molecule has 0 aliphatic rings. The number of nitrogens with zero attached hydrogens (tertiary/aromatic N) is 2. The summed E-state index contributed by atoms with van der Waals surface area (Å²) in [5.74, 6) is 1.42. The second kappa shape index (κ2) is 8.42. The van der Waals surface area contributed by atoms with Crippen LogP contribution in [0.25, 0.3) is 0 Å². The quantitative estimate of drug-likeness (QED) is 0.839. The van der Waals surface area contributed by atoms with Crippen LogP contribution >= 0.6 is 0 Å². The first-order valence-corrected chi connectivity index (χ1v) is 7.18. The first-order valence-electron chi connectivity index (χ1n) is 7.18. The van der Waals surface area contributed by atoms with Crippen LogP contribution in [0.15, 0.2) is 42.5 Å². The number of benzene rings is 2. The highest BCUT2D eigenvalue weighted by Crippen LogP contribution is 2.27. The van der Waals surface area contributed by atoms with Crippen LogP contribution in [0.1, 0.15) is 11.1 Å². The minimum Gasteiger partial charge on any atom is -0.493 e. The van der Waals surface area contributed by atoms with Crippen molar-refractivity contribution in [2.45, 2.75) is 6.10 Å². The van der Waals surface area contributed by atoms with Gasteiger partial charge in [0.2, 0.25) is 0 Å². The molecule has 0 amide bonds. The van der Waals surface area contributed by atoms with Gasteiger partial charge in [-0.2, -0.15) is 10.5 Å². The van der Waals surface area contributed by atoms with Crippen LogP contribution in [0.3, 0.4) is 0 Å². The molecule has 122 valence electrons. The van der Waals surface area contributed by atoms with Crippen LogP contribution in [0.4, 0.5) is 0 Å². The number of aliphatic hydroxyl groups excluding tert-OH is 1. The number of rotatable bonds is 7. The highest BCUT2D eigenvalue weighted by molar-refractivity contribution is 5.46. The Labute approximate surface area is 140 Å². The molecule has 0 unspecified atom stereocenters. The Hall–Kier alpha value is -3.22. The number of hydrogen-bond acceptors (Lipinski definition) is 6. The first-order chi connectivity index (χ1) is 11.7. The predicted octanol–water partition coefficient (Wildman–Crippen LogP) is 2.26. The smallest absolute Gasteiger partial charge is 0.162 e. The molecule has 0 bridgehead atoms. The van der Waals surface area contributed by atoms with E-state index in [0.717, 1.165) is 0 Å². The van der Waals surface area contributed by atoms with Crippen molar-refractivity contribution in [1.29, 1.82) is 10.5 Å². The van der Waals surface area contributed by atoms with Gasteiger partial charge in [-0.15, -0.1) is 0 Å². The Morgan fingerprint density at radius 1 is 0.917 bits per heavy atom. The largest absolute Gasteiger partial charge is 0.493 e. The van der Waals surface area contributed by atoms with Crippen molar-refractivity contribution in [3.05, 3.63) is 53.6 Å². The van der Waals surface area contributed by atoms with Crippen LogP contribution < -0.4 is 14.2 Å². The highest BCUT2D eigenvalue weighted by atomic mass is 16.5. The van der Waals surface area contributed by atoms with Gasteiger partial charge in [0.15, 0.2) is 11.5 Å². The van der Waals surface area contributed by atoms with Gasteiger partial charge in [0.25, 0.3) is 0 Å². The molecule has 0 fully saturated rings. The van der Waals surface area contributed by atoms with Crippen molar-refractivity contribution in [3.8, 4) is 29.4 Å². The number of ether oxygens (including phenoxy) is 3. The van der Waals surface area contributed by atoms with Gasteiger partial charge in [0.05, 0.1) is 30.4 Å². The molecule has 0 aliphatic heterocycles. The topological polar surface area (TPSA) is 95.5 Å². The summed E-state index contributed by atoms with van der Waals surface area (Å²) in [5, 5.41) is 27.5. The van der Waals surface area contributed by atoms with Crippen LogP contribution in [-0.2, 0) is 0 Å². The minimum atomic E-state index is -0.846.